The molecule has 1 saturated carbocycles. The van der Waals surface area contributed by atoms with E-state index in [0.29, 0.717) is 12.6 Å². The van der Waals surface area contributed by atoms with Crippen LogP contribution in [0.2, 0.25) is 0 Å². The molecule has 0 bridgehead atoms. The van der Waals surface area contributed by atoms with Crippen molar-refractivity contribution in [3.63, 3.8) is 0 Å². The van der Waals surface area contributed by atoms with Gasteiger partial charge in [0, 0.05) is 12.6 Å². The van der Waals surface area contributed by atoms with Gasteiger partial charge in [-0.2, -0.15) is 0 Å². The van der Waals surface area contributed by atoms with Gasteiger partial charge in [-0.3, -0.25) is 9.69 Å². The smallest absolute Gasteiger partial charge is 0.325 e. The first-order valence-corrected chi connectivity index (χ1v) is 5.80. The minimum atomic E-state index is -1.00. The van der Waals surface area contributed by atoms with E-state index in [4.69, 9.17) is 5.73 Å². The van der Waals surface area contributed by atoms with Crippen LogP contribution in [-0.4, -0.2) is 40.6 Å². The normalized spacial score (nSPS) is 31.5. The lowest BCUT2D eigenvalue weighted by Gasteiger charge is -2.32. The van der Waals surface area contributed by atoms with Gasteiger partial charge in [-0.1, -0.05) is 0 Å². The second kappa shape index (κ2) is 3.76. The SMILES string of the molecule is CC1CCCN1CC(N)(C(=O)O)C1CC1. The predicted octanol–water partition coefficient (Wildman–Crippen LogP) is 0.663. The highest BCUT2D eigenvalue weighted by atomic mass is 16.4. The molecule has 2 atom stereocenters. The highest BCUT2D eigenvalue weighted by Gasteiger charge is 2.49. The number of nitrogens with two attached hydrogens (primary N) is 1. The zero-order valence-electron chi connectivity index (χ0n) is 9.28. The average molecular weight is 212 g/mol. The minimum Gasteiger partial charge on any atom is -0.480 e. The molecule has 1 aliphatic heterocycles. The van der Waals surface area contributed by atoms with E-state index >= 15 is 0 Å². The number of aliphatic carboxylic acids is 1. The topological polar surface area (TPSA) is 66.6 Å². The summed E-state index contributed by atoms with van der Waals surface area (Å²) in [5.74, 6) is -0.633. The minimum absolute atomic E-state index is 0.197. The van der Waals surface area contributed by atoms with Crippen LogP contribution in [-0.2, 0) is 4.79 Å². The van der Waals surface area contributed by atoms with E-state index in [-0.39, 0.29) is 5.92 Å². The van der Waals surface area contributed by atoms with Crippen LogP contribution >= 0.6 is 0 Å². The Morgan fingerprint density at radius 1 is 1.53 bits per heavy atom. The summed E-state index contributed by atoms with van der Waals surface area (Å²) in [5.41, 5.74) is 5.05. The number of hydrogen-bond donors (Lipinski definition) is 2. The number of nitrogens with zero attached hydrogens (tertiary/aromatic N) is 1. The number of hydrogen-bond acceptors (Lipinski definition) is 3. The fourth-order valence-corrected chi connectivity index (χ4v) is 2.53. The van der Waals surface area contributed by atoms with Gasteiger partial charge in [0.25, 0.3) is 0 Å². The first-order chi connectivity index (χ1) is 7.04. The molecule has 3 N–H and O–H groups in total. The van der Waals surface area contributed by atoms with Crippen LogP contribution in [0, 0.1) is 5.92 Å². The van der Waals surface area contributed by atoms with Crippen molar-refractivity contribution < 1.29 is 9.90 Å². The Hall–Kier alpha value is -0.610. The van der Waals surface area contributed by atoms with Crippen LogP contribution in [0.4, 0.5) is 0 Å². The van der Waals surface area contributed by atoms with Crippen LogP contribution in [0.15, 0.2) is 0 Å². The van der Waals surface area contributed by atoms with Crippen LogP contribution in [0.5, 0.6) is 0 Å². The van der Waals surface area contributed by atoms with E-state index in [1.807, 2.05) is 0 Å². The highest BCUT2D eigenvalue weighted by Crippen LogP contribution is 2.39. The molecule has 2 fully saturated rings. The van der Waals surface area contributed by atoms with Crippen molar-refractivity contribution in [3.8, 4) is 0 Å². The van der Waals surface area contributed by atoms with E-state index in [1.54, 1.807) is 0 Å². The van der Waals surface area contributed by atoms with E-state index in [0.717, 1.165) is 19.4 Å². The Balaban J connectivity index is 2.03. The molecule has 2 aliphatic rings. The molecule has 0 amide bonds. The molecule has 15 heavy (non-hydrogen) atoms. The van der Waals surface area contributed by atoms with Crippen LogP contribution < -0.4 is 5.73 Å². The van der Waals surface area contributed by atoms with Crippen molar-refractivity contribution in [2.45, 2.75) is 44.2 Å². The van der Waals surface area contributed by atoms with Crippen LogP contribution in [0.25, 0.3) is 0 Å². The van der Waals surface area contributed by atoms with Gasteiger partial charge in [0.1, 0.15) is 5.54 Å². The summed E-state index contributed by atoms with van der Waals surface area (Å²) < 4.78 is 0. The van der Waals surface area contributed by atoms with Crippen LogP contribution in [0.1, 0.15) is 32.6 Å². The van der Waals surface area contributed by atoms with E-state index in [9.17, 15) is 9.90 Å². The summed E-state index contributed by atoms with van der Waals surface area (Å²) >= 11 is 0. The lowest BCUT2D eigenvalue weighted by molar-refractivity contribution is -0.145. The molecule has 0 aromatic rings. The van der Waals surface area contributed by atoms with Gasteiger partial charge in [0.2, 0.25) is 0 Å². The first-order valence-electron chi connectivity index (χ1n) is 5.80. The van der Waals surface area contributed by atoms with Gasteiger partial charge in [0.05, 0.1) is 0 Å². The fraction of sp³-hybridized carbons (Fsp3) is 0.909. The van der Waals surface area contributed by atoms with Gasteiger partial charge < -0.3 is 10.8 Å². The lowest BCUT2D eigenvalue weighted by atomic mass is 9.93. The largest absolute Gasteiger partial charge is 0.480 e. The molecule has 4 nitrogen and oxygen atoms in total. The molecular weight excluding hydrogens is 192 g/mol. The first kappa shape index (κ1) is 10.9. The fourth-order valence-electron chi connectivity index (χ4n) is 2.53. The van der Waals surface area contributed by atoms with Crippen molar-refractivity contribution in [1.29, 1.82) is 0 Å². The number of likely N-dealkylation sites (tertiary alicyclic amines) is 1. The summed E-state index contributed by atoms with van der Waals surface area (Å²) in [6.45, 7) is 3.68. The standard InChI is InChI=1S/C11H20N2O2/c1-8-3-2-6-13(8)7-11(12,10(14)15)9-4-5-9/h8-9H,2-7,12H2,1H3,(H,14,15). The Labute approximate surface area is 90.4 Å². The predicted molar refractivity (Wildman–Crippen MR) is 57.5 cm³/mol. The quantitative estimate of drug-likeness (QED) is 0.718. The monoisotopic (exact) mass is 212 g/mol. The van der Waals surface area contributed by atoms with E-state index < -0.39 is 11.5 Å². The summed E-state index contributed by atoms with van der Waals surface area (Å²) in [6, 6.07) is 0.492. The molecule has 86 valence electrons. The van der Waals surface area contributed by atoms with Crippen molar-refractivity contribution in [1.82, 2.24) is 4.90 Å². The van der Waals surface area contributed by atoms with Crippen molar-refractivity contribution in [3.05, 3.63) is 0 Å². The van der Waals surface area contributed by atoms with Crippen molar-refractivity contribution in [2.24, 2.45) is 11.7 Å². The molecule has 2 rings (SSSR count). The lowest BCUT2D eigenvalue weighted by Crippen LogP contribution is -2.58. The summed E-state index contributed by atoms with van der Waals surface area (Å²) in [6.07, 6.45) is 4.29. The summed E-state index contributed by atoms with van der Waals surface area (Å²) in [5, 5.41) is 9.24. The van der Waals surface area contributed by atoms with Gasteiger partial charge in [-0.15, -0.1) is 0 Å². The van der Waals surface area contributed by atoms with Gasteiger partial charge in [0.15, 0.2) is 0 Å². The van der Waals surface area contributed by atoms with Gasteiger partial charge in [-0.05, 0) is 45.1 Å². The number of carboxylic acids is 1. The van der Waals surface area contributed by atoms with E-state index in [2.05, 4.69) is 11.8 Å². The third-order valence-electron chi connectivity index (χ3n) is 3.86. The van der Waals surface area contributed by atoms with Gasteiger partial charge >= 0.3 is 5.97 Å². The van der Waals surface area contributed by atoms with Gasteiger partial charge in [-0.25, -0.2) is 0 Å². The maximum Gasteiger partial charge on any atom is 0.325 e. The molecule has 0 aromatic heterocycles. The zero-order valence-corrected chi connectivity index (χ0v) is 9.28. The molecule has 4 heteroatoms. The third kappa shape index (κ3) is 2.01. The number of rotatable bonds is 4. The van der Waals surface area contributed by atoms with Crippen molar-refractivity contribution >= 4 is 5.97 Å². The second-order valence-corrected chi connectivity index (χ2v) is 5.08. The molecule has 0 spiro atoms. The Kier molecular flexibility index (Phi) is 2.73. The third-order valence-corrected chi connectivity index (χ3v) is 3.86. The van der Waals surface area contributed by atoms with E-state index in [1.165, 1.54) is 12.8 Å². The molecule has 1 heterocycles. The Bertz CT molecular complexity index is 265. The maximum absolute atomic E-state index is 11.2. The molecule has 1 saturated heterocycles. The maximum atomic E-state index is 11.2. The summed E-state index contributed by atoms with van der Waals surface area (Å²) in [7, 11) is 0. The molecular formula is C11H20N2O2. The highest BCUT2D eigenvalue weighted by molar-refractivity contribution is 5.79. The number of carboxylic acid groups (broad SMARTS) is 1. The van der Waals surface area contributed by atoms with Crippen molar-refractivity contribution in [2.75, 3.05) is 13.1 Å². The molecule has 0 radical (unpaired) electrons. The Morgan fingerprint density at radius 2 is 2.20 bits per heavy atom. The van der Waals surface area contributed by atoms with Crippen LogP contribution in [0.3, 0.4) is 0 Å². The molecule has 0 aromatic carbocycles. The zero-order chi connectivity index (χ0) is 11.1. The Morgan fingerprint density at radius 3 is 2.60 bits per heavy atom. The molecule has 1 aliphatic carbocycles. The second-order valence-electron chi connectivity index (χ2n) is 5.08. The average Bonchev–Trinajstić information content (AvgIpc) is 2.94. The molecule has 2 unspecified atom stereocenters. The number of carbonyl (C=O) groups is 1. The summed E-state index contributed by atoms with van der Waals surface area (Å²) in [4.78, 5) is 13.5.